The van der Waals surface area contributed by atoms with Gasteiger partial charge >= 0.3 is 0 Å². The molecule has 0 aliphatic heterocycles. The van der Waals surface area contributed by atoms with E-state index in [1.807, 2.05) is 24.3 Å². The highest BCUT2D eigenvalue weighted by Gasteiger charge is 2.17. The van der Waals surface area contributed by atoms with Crippen molar-refractivity contribution in [1.29, 1.82) is 0 Å². The topological polar surface area (TPSA) is 20.5 Å². The molecule has 0 saturated heterocycles. The molecule has 102 valence electrons. The van der Waals surface area contributed by atoms with Crippen molar-refractivity contribution in [3.63, 3.8) is 0 Å². The molecule has 0 bridgehead atoms. The third-order valence-corrected chi connectivity index (χ3v) is 3.91. The maximum atomic E-state index is 4.79. The van der Waals surface area contributed by atoms with E-state index in [1.54, 1.807) is 0 Å². The lowest BCUT2D eigenvalue weighted by atomic mass is 10.2. The quantitative estimate of drug-likeness (QED) is 0.662. The zero-order valence-corrected chi connectivity index (χ0v) is 12.9. The maximum absolute atomic E-state index is 4.79. The minimum atomic E-state index is 0.775. The molecule has 0 N–H and O–H groups in total. The van der Waals surface area contributed by atoms with E-state index in [4.69, 9.17) is 4.98 Å². The third-order valence-electron chi connectivity index (χ3n) is 3.37. The number of nitrogens with zero attached hydrogens (tertiary/aromatic N) is 3. The smallest absolute Gasteiger partial charge is 0.156 e. The molecule has 0 fully saturated rings. The number of alkyl halides is 1. The summed E-state index contributed by atoms with van der Waals surface area (Å²) in [5, 5.41) is 0.775. The number of hydrogen-bond donors (Lipinski definition) is 0. The van der Waals surface area contributed by atoms with Gasteiger partial charge in [0, 0.05) is 23.8 Å². The molecule has 1 aromatic carbocycles. The molecular weight excluding hydrogens is 314 g/mol. The van der Waals surface area contributed by atoms with Crippen molar-refractivity contribution < 1.29 is 0 Å². The third kappa shape index (κ3) is 2.20. The minimum absolute atomic E-state index is 0.775. The molecule has 3 aromatic rings. The van der Waals surface area contributed by atoms with Crippen LogP contribution in [0.2, 0.25) is 0 Å². The summed E-state index contributed by atoms with van der Waals surface area (Å²) >= 11 is 3.59. The van der Waals surface area contributed by atoms with Crippen molar-refractivity contribution >= 4 is 33.1 Å². The van der Waals surface area contributed by atoms with Gasteiger partial charge in [-0.15, -0.1) is 0 Å². The fourth-order valence-corrected chi connectivity index (χ4v) is 2.96. The van der Waals surface area contributed by atoms with Crippen molar-refractivity contribution in [3.8, 4) is 0 Å². The highest BCUT2D eigenvalue weighted by molar-refractivity contribution is 9.08. The van der Waals surface area contributed by atoms with Gasteiger partial charge in [0.1, 0.15) is 5.65 Å². The first-order chi connectivity index (χ1) is 9.85. The van der Waals surface area contributed by atoms with E-state index in [9.17, 15) is 0 Å². The molecule has 3 rings (SSSR count). The molecule has 0 aliphatic carbocycles. The van der Waals surface area contributed by atoms with Crippen molar-refractivity contribution in [3.05, 3.63) is 60.4 Å². The van der Waals surface area contributed by atoms with Crippen molar-refractivity contribution in [2.45, 2.75) is 12.3 Å². The highest BCUT2D eigenvalue weighted by atomic mass is 79.9. The predicted octanol–water partition coefficient (Wildman–Crippen LogP) is 4.39. The number of pyridine rings is 1. The Balaban J connectivity index is 2.17. The van der Waals surface area contributed by atoms with Gasteiger partial charge < -0.3 is 9.30 Å². The Morgan fingerprint density at radius 3 is 2.55 bits per heavy atom. The first-order valence-corrected chi connectivity index (χ1v) is 7.81. The number of para-hydroxylation sites is 1. The Morgan fingerprint density at radius 2 is 1.85 bits per heavy atom. The molecule has 2 heterocycles. The number of aromatic nitrogens is 2. The van der Waals surface area contributed by atoms with Crippen LogP contribution in [0.5, 0.6) is 0 Å². The average molecular weight is 330 g/mol. The molecule has 20 heavy (non-hydrogen) atoms. The lowest BCUT2D eigenvalue weighted by Crippen LogP contribution is -2.17. The van der Waals surface area contributed by atoms with Gasteiger partial charge in [-0.2, -0.15) is 0 Å². The Bertz CT molecular complexity index is 706. The molecule has 4 heteroatoms. The van der Waals surface area contributed by atoms with E-state index in [0.29, 0.717) is 0 Å². The Kier molecular flexibility index (Phi) is 3.74. The summed E-state index contributed by atoms with van der Waals surface area (Å²) in [6, 6.07) is 16.5. The van der Waals surface area contributed by atoms with E-state index in [1.165, 1.54) is 11.4 Å². The zero-order chi connectivity index (χ0) is 13.9. The standard InChI is InChI=1S/C16H16BrN3/c1-2-19(13-8-4-3-5-9-13)16-14(12-17)20-11-7-6-10-15(20)18-16/h3-11H,2,12H2,1H3. The van der Waals surface area contributed by atoms with Gasteiger partial charge in [0.15, 0.2) is 5.82 Å². The molecule has 2 aromatic heterocycles. The van der Waals surface area contributed by atoms with Crippen LogP contribution < -0.4 is 4.90 Å². The summed E-state index contributed by atoms with van der Waals surface area (Å²) in [5.41, 5.74) is 3.32. The number of halogens is 1. The van der Waals surface area contributed by atoms with Gasteiger partial charge in [0.2, 0.25) is 0 Å². The fourth-order valence-electron chi connectivity index (χ4n) is 2.44. The van der Waals surface area contributed by atoms with Crippen LogP contribution in [0.4, 0.5) is 11.5 Å². The normalized spacial score (nSPS) is 10.9. The molecular formula is C16H16BrN3. The zero-order valence-electron chi connectivity index (χ0n) is 11.3. The molecule has 3 nitrogen and oxygen atoms in total. The Morgan fingerprint density at radius 1 is 1.10 bits per heavy atom. The summed E-state index contributed by atoms with van der Waals surface area (Å²) in [6.07, 6.45) is 2.06. The maximum Gasteiger partial charge on any atom is 0.156 e. The number of hydrogen-bond acceptors (Lipinski definition) is 2. The molecule has 0 unspecified atom stereocenters. The molecule has 0 saturated carbocycles. The van der Waals surface area contributed by atoms with Gasteiger partial charge in [-0.25, -0.2) is 4.98 Å². The highest BCUT2D eigenvalue weighted by Crippen LogP contribution is 2.29. The number of rotatable bonds is 4. The van der Waals surface area contributed by atoms with Gasteiger partial charge in [-0.1, -0.05) is 40.2 Å². The average Bonchev–Trinajstić information content (AvgIpc) is 2.87. The van der Waals surface area contributed by atoms with Crippen molar-refractivity contribution in [1.82, 2.24) is 9.38 Å². The molecule has 0 spiro atoms. The first kappa shape index (κ1) is 13.2. The van der Waals surface area contributed by atoms with Crippen LogP contribution in [0.25, 0.3) is 5.65 Å². The van der Waals surface area contributed by atoms with Crippen LogP contribution in [0.15, 0.2) is 54.7 Å². The van der Waals surface area contributed by atoms with Crippen LogP contribution in [0.3, 0.4) is 0 Å². The molecule has 0 aliphatic rings. The van der Waals surface area contributed by atoms with E-state index in [2.05, 4.69) is 62.6 Å². The second-order valence-electron chi connectivity index (χ2n) is 4.52. The number of fused-ring (bicyclic) bond motifs is 1. The van der Waals surface area contributed by atoms with Crippen LogP contribution >= 0.6 is 15.9 Å². The summed E-state index contributed by atoms with van der Waals surface area (Å²) in [6.45, 7) is 3.03. The summed E-state index contributed by atoms with van der Waals surface area (Å²) in [5.74, 6) is 1.02. The van der Waals surface area contributed by atoms with Gasteiger partial charge in [0.25, 0.3) is 0 Å². The molecule has 0 radical (unpaired) electrons. The van der Waals surface area contributed by atoms with Gasteiger partial charge in [-0.05, 0) is 31.2 Å². The summed E-state index contributed by atoms with van der Waals surface area (Å²) in [4.78, 5) is 7.03. The molecule has 0 atom stereocenters. The van der Waals surface area contributed by atoms with E-state index in [-0.39, 0.29) is 0 Å². The second-order valence-corrected chi connectivity index (χ2v) is 5.09. The monoisotopic (exact) mass is 329 g/mol. The summed E-state index contributed by atoms with van der Waals surface area (Å²) < 4.78 is 2.13. The fraction of sp³-hybridized carbons (Fsp3) is 0.188. The van der Waals surface area contributed by atoms with Crippen molar-refractivity contribution in [2.75, 3.05) is 11.4 Å². The second kappa shape index (κ2) is 5.67. The first-order valence-electron chi connectivity index (χ1n) is 6.69. The largest absolute Gasteiger partial charge is 0.325 e. The van der Waals surface area contributed by atoms with Crippen molar-refractivity contribution in [2.24, 2.45) is 0 Å². The summed E-state index contributed by atoms with van der Waals surface area (Å²) in [7, 11) is 0. The van der Waals surface area contributed by atoms with Crippen LogP contribution in [0.1, 0.15) is 12.6 Å². The van der Waals surface area contributed by atoms with Gasteiger partial charge in [0.05, 0.1) is 5.69 Å². The lowest BCUT2D eigenvalue weighted by molar-refractivity contribution is 0.983. The predicted molar refractivity (Wildman–Crippen MR) is 86.9 cm³/mol. The SMILES string of the molecule is CCN(c1ccccc1)c1nc2ccccn2c1CBr. The van der Waals surface area contributed by atoms with Crippen LogP contribution in [0, 0.1) is 0 Å². The van der Waals surface area contributed by atoms with Crippen LogP contribution in [-0.2, 0) is 5.33 Å². The lowest BCUT2D eigenvalue weighted by Gasteiger charge is -2.21. The van der Waals surface area contributed by atoms with E-state index in [0.717, 1.165) is 23.3 Å². The number of imidazole rings is 1. The number of benzene rings is 1. The molecule has 0 amide bonds. The van der Waals surface area contributed by atoms with Gasteiger partial charge in [-0.3, -0.25) is 0 Å². The van der Waals surface area contributed by atoms with E-state index >= 15 is 0 Å². The van der Waals surface area contributed by atoms with E-state index < -0.39 is 0 Å². The Labute approximate surface area is 127 Å². The Hall–Kier alpha value is -1.81. The minimum Gasteiger partial charge on any atom is -0.325 e. The number of anilines is 2. The van der Waals surface area contributed by atoms with Crippen LogP contribution in [-0.4, -0.2) is 15.9 Å².